The van der Waals surface area contributed by atoms with Gasteiger partial charge in [0, 0.05) is 10.4 Å². The summed E-state index contributed by atoms with van der Waals surface area (Å²) in [5, 5.41) is 1.99. The number of Topliss-reactive ketones (excluding diaryl/α,β-unsaturated/α-hetero) is 1. The van der Waals surface area contributed by atoms with Gasteiger partial charge in [-0.2, -0.15) is 0 Å². The lowest BCUT2D eigenvalue weighted by Crippen LogP contribution is -2.22. The molecule has 168 valence electrons. The summed E-state index contributed by atoms with van der Waals surface area (Å²) in [6.45, 7) is 2.01. The van der Waals surface area contributed by atoms with Crippen molar-refractivity contribution in [2.24, 2.45) is 0 Å². The topological polar surface area (TPSA) is 52.0 Å². The number of aromatic nitrogens is 2. The number of carbonyl (C=O) groups excluding carboxylic acids is 1. The van der Waals surface area contributed by atoms with Gasteiger partial charge in [-0.3, -0.25) is 14.2 Å². The number of halogens is 2. The van der Waals surface area contributed by atoms with E-state index in [1.807, 2.05) is 31.2 Å². The van der Waals surface area contributed by atoms with E-state index in [1.54, 1.807) is 34.1 Å². The van der Waals surface area contributed by atoms with Gasteiger partial charge in [-0.1, -0.05) is 52.7 Å². The maximum atomic E-state index is 13.8. The Morgan fingerprint density at radius 1 is 1.09 bits per heavy atom. The molecule has 1 aliphatic rings. The van der Waals surface area contributed by atoms with Crippen molar-refractivity contribution in [3.05, 3.63) is 84.4 Å². The molecule has 33 heavy (non-hydrogen) atoms. The highest BCUT2D eigenvalue weighted by molar-refractivity contribution is 7.99. The molecule has 4 aromatic rings. The number of nitrogens with zero attached hydrogens (tertiary/aromatic N) is 2. The van der Waals surface area contributed by atoms with Crippen molar-refractivity contribution in [2.75, 3.05) is 5.75 Å². The van der Waals surface area contributed by atoms with Crippen molar-refractivity contribution in [1.29, 1.82) is 0 Å². The molecule has 0 amide bonds. The molecule has 0 saturated carbocycles. The first kappa shape index (κ1) is 22.7. The van der Waals surface area contributed by atoms with Crippen molar-refractivity contribution in [3.63, 3.8) is 0 Å². The second-order valence-electron chi connectivity index (χ2n) is 8.10. The van der Waals surface area contributed by atoms with Crippen molar-refractivity contribution >= 4 is 62.3 Å². The Labute approximate surface area is 209 Å². The zero-order valence-corrected chi connectivity index (χ0v) is 21.0. The van der Waals surface area contributed by atoms with Gasteiger partial charge in [-0.25, -0.2) is 4.98 Å². The summed E-state index contributed by atoms with van der Waals surface area (Å²) in [5.41, 5.74) is 3.43. The molecule has 0 fully saturated rings. The van der Waals surface area contributed by atoms with E-state index in [9.17, 15) is 9.59 Å². The van der Waals surface area contributed by atoms with Crippen LogP contribution in [0.1, 0.15) is 39.2 Å². The van der Waals surface area contributed by atoms with Crippen LogP contribution in [0.3, 0.4) is 0 Å². The van der Waals surface area contributed by atoms with E-state index in [0.717, 1.165) is 52.7 Å². The number of fused-ring (bicyclic) bond motifs is 3. The average molecular weight is 515 g/mol. The summed E-state index contributed by atoms with van der Waals surface area (Å²) in [7, 11) is 0. The molecule has 0 atom stereocenters. The fourth-order valence-electron chi connectivity index (χ4n) is 4.09. The molecule has 4 nitrogen and oxygen atoms in total. The molecule has 5 rings (SSSR count). The summed E-state index contributed by atoms with van der Waals surface area (Å²) in [6, 6.07) is 12.7. The van der Waals surface area contributed by atoms with Crippen molar-refractivity contribution in [2.45, 2.75) is 37.8 Å². The molecule has 1 aliphatic carbocycles. The first-order valence-electron chi connectivity index (χ1n) is 10.7. The SMILES string of the molecule is Cc1ccc(-n2c(SCC(=O)c3ccc(Cl)c(Cl)c3)nc3sc4c(c3c2=O)CCCC4)cc1. The van der Waals surface area contributed by atoms with Crippen LogP contribution in [0.25, 0.3) is 15.9 Å². The molecule has 2 aromatic heterocycles. The maximum Gasteiger partial charge on any atom is 0.267 e. The van der Waals surface area contributed by atoms with Gasteiger partial charge in [0.2, 0.25) is 0 Å². The molecule has 0 aliphatic heterocycles. The normalized spacial score (nSPS) is 13.3. The number of ketones is 1. The number of carbonyl (C=O) groups is 1. The largest absolute Gasteiger partial charge is 0.293 e. The number of thiophene rings is 1. The molecule has 0 spiro atoms. The standard InChI is InChI=1S/C25H20Cl2N2O2S2/c1-14-6-9-16(10-7-14)29-24(31)22-17-4-2-3-5-21(17)33-23(22)28-25(29)32-13-20(30)15-8-11-18(26)19(27)12-15/h6-12H,2-5,13H2,1H3. The molecule has 0 saturated heterocycles. The molecule has 0 unspecified atom stereocenters. The zero-order valence-electron chi connectivity index (χ0n) is 17.9. The molecule has 0 N–H and O–H groups in total. The number of thioether (sulfide) groups is 1. The number of aryl methyl sites for hydroxylation is 3. The van der Waals surface area contributed by atoms with Crippen LogP contribution in [0.4, 0.5) is 0 Å². The van der Waals surface area contributed by atoms with Crippen LogP contribution < -0.4 is 5.56 Å². The highest BCUT2D eigenvalue weighted by Crippen LogP contribution is 2.35. The van der Waals surface area contributed by atoms with Gasteiger partial charge >= 0.3 is 0 Å². The molecule has 0 bridgehead atoms. The van der Waals surface area contributed by atoms with E-state index in [-0.39, 0.29) is 17.1 Å². The third kappa shape index (κ3) is 4.37. The molecule has 0 radical (unpaired) electrons. The van der Waals surface area contributed by atoms with Gasteiger partial charge in [-0.15, -0.1) is 11.3 Å². The first-order valence-corrected chi connectivity index (χ1v) is 13.2. The Hall–Kier alpha value is -2.12. The second kappa shape index (κ2) is 9.26. The van der Waals surface area contributed by atoms with Gasteiger partial charge in [0.25, 0.3) is 5.56 Å². The monoisotopic (exact) mass is 514 g/mol. The van der Waals surface area contributed by atoms with Crippen LogP contribution in [-0.4, -0.2) is 21.1 Å². The first-order chi connectivity index (χ1) is 15.9. The molecule has 2 heterocycles. The number of hydrogen-bond acceptors (Lipinski definition) is 5. The van der Waals surface area contributed by atoms with Crippen molar-refractivity contribution in [3.8, 4) is 5.69 Å². The van der Waals surface area contributed by atoms with Crippen LogP contribution in [0.5, 0.6) is 0 Å². The van der Waals surface area contributed by atoms with Crippen molar-refractivity contribution in [1.82, 2.24) is 9.55 Å². The van der Waals surface area contributed by atoms with E-state index >= 15 is 0 Å². The maximum absolute atomic E-state index is 13.8. The van der Waals surface area contributed by atoms with E-state index < -0.39 is 0 Å². The quantitative estimate of drug-likeness (QED) is 0.165. The number of rotatable bonds is 5. The van der Waals surface area contributed by atoms with Gasteiger partial charge in [-0.05, 0) is 68.5 Å². The molecule has 8 heteroatoms. The second-order valence-corrected chi connectivity index (χ2v) is 10.9. The lowest BCUT2D eigenvalue weighted by molar-refractivity contribution is 0.102. The minimum atomic E-state index is -0.103. The Morgan fingerprint density at radius 2 is 1.85 bits per heavy atom. The number of benzene rings is 2. The lowest BCUT2D eigenvalue weighted by Gasteiger charge is -2.14. The van der Waals surface area contributed by atoms with Gasteiger partial charge in [0.15, 0.2) is 10.9 Å². The Morgan fingerprint density at radius 3 is 2.61 bits per heavy atom. The van der Waals surface area contributed by atoms with E-state index in [1.165, 1.54) is 16.6 Å². The third-order valence-corrected chi connectivity index (χ3v) is 8.69. The van der Waals surface area contributed by atoms with Crippen LogP contribution in [0, 0.1) is 6.92 Å². The predicted molar refractivity (Wildman–Crippen MR) is 138 cm³/mol. The summed E-state index contributed by atoms with van der Waals surface area (Å²) in [4.78, 5) is 33.5. The fraction of sp³-hybridized carbons (Fsp3) is 0.240. The number of hydrogen-bond donors (Lipinski definition) is 0. The minimum absolute atomic E-state index is 0.0623. The van der Waals surface area contributed by atoms with Gasteiger partial charge in [0.05, 0.1) is 26.9 Å². The molecule has 2 aromatic carbocycles. The van der Waals surface area contributed by atoms with E-state index in [2.05, 4.69) is 0 Å². The Kier molecular flexibility index (Phi) is 6.36. The molecular formula is C25H20Cl2N2O2S2. The minimum Gasteiger partial charge on any atom is -0.293 e. The van der Waals surface area contributed by atoms with Crippen molar-refractivity contribution < 1.29 is 4.79 Å². The summed E-state index contributed by atoms with van der Waals surface area (Å²) in [5.74, 6) is 0.0289. The molecular weight excluding hydrogens is 495 g/mol. The average Bonchev–Trinajstić information content (AvgIpc) is 3.19. The lowest BCUT2D eigenvalue weighted by atomic mass is 9.97. The highest BCUT2D eigenvalue weighted by Gasteiger charge is 2.23. The summed E-state index contributed by atoms with van der Waals surface area (Å²) >= 11 is 14.9. The van der Waals surface area contributed by atoms with Gasteiger partial charge < -0.3 is 0 Å². The summed E-state index contributed by atoms with van der Waals surface area (Å²) in [6.07, 6.45) is 4.16. The summed E-state index contributed by atoms with van der Waals surface area (Å²) < 4.78 is 1.65. The predicted octanol–water partition coefficient (Wildman–Crippen LogP) is 6.92. The van der Waals surface area contributed by atoms with Crippen LogP contribution in [0.15, 0.2) is 52.4 Å². The van der Waals surface area contributed by atoms with Crippen LogP contribution in [0.2, 0.25) is 10.0 Å². The Bertz CT molecular complexity index is 1440. The van der Waals surface area contributed by atoms with Crippen LogP contribution in [-0.2, 0) is 12.8 Å². The van der Waals surface area contributed by atoms with E-state index in [0.29, 0.717) is 20.8 Å². The Balaban J connectivity index is 1.58. The highest BCUT2D eigenvalue weighted by atomic mass is 35.5. The third-order valence-electron chi connectivity index (χ3n) is 5.82. The van der Waals surface area contributed by atoms with Crippen LogP contribution >= 0.6 is 46.3 Å². The zero-order chi connectivity index (χ0) is 23.1. The van der Waals surface area contributed by atoms with E-state index in [4.69, 9.17) is 28.2 Å². The van der Waals surface area contributed by atoms with Gasteiger partial charge in [0.1, 0.15) is 4.83 Å². The smallest absolute Gasteiger partial charge is 0.267 e. The fourth-order valence-corrected chi connectivity index (χ4v) is 6.60.